The largest absolute Gasteiger partial charge is 0.272 e. The third-order valence-electron chi connectivity index (χ3n) is 3.12. The van der Waals surface area contributed by atoms with Gasteiger partial charge in [0.1, 0.15) is 5.82 Å². The second kappa shape index (κ2) is 7.80. The molecule has 0 atom stereocenters. The highest BCUT2D eigenvalue weighted by atomic mass is 32.2. The monoisotopic (exact) mass is 349 g/mol. The van der Waals surface area contributed by atoms with Crippen molar-refractivity contribution >= 4 is 22.1 Å². The van der Waals surface area contributed by atoms with Crippen molar-refractivity contribution in [3.8, 4) is 0 Å². The van der Waals surface area contributed by atoms with Crippen LogP contribution in [0.1, 0.15) is 5.56 Å². The van der Waals surface area contributed by atoms with E-state index in [9.17, 15) is 17.6 Å². The Hall–Kier alpha value is -2.58. The molecule has 0 radical (unpaired) electrons. The molecule has 2 rings (SSSR count). The Kier molecular flexibility index (Phi) is 5.78. The quantitative estimate of drug-likeness (QED) is 0.635. The standard InChI is InChI=1S/C16H16FN3O3S/c1-20(24(22,23)14-8-3-2-4-9-14)12-16(21)19-18-11-13-7-5-6-10-15(13)17/h2-11H,12H2,1H3,(H,19,21)/b18-11-. The van der Waals surface area contributed by atoms with Crippen LogP contribution in [0.3, 0.4) is 0 Å². The van der Waals surface area contributed by atoms with Gasteiger partial charge in [-0.05, 0) is 18.2 Å². The Bertz CT molecular complexity index is 839. The number of rotatable bonds is 6. The predicted molar refractivity (Wildman–Crippen MR) is 88.4 cm³/mol. The highest BCUT2D eigenvalue weighted by molar-refractivity contribution is 7.89. The first-order chi connectivity index (χ1) is 11.4. The molecule has 1 N–H and O–H groups in total. The molecule has 0 heterocycles. The smallest absolute Gasteiger partial charge is 0.255 e. The van der Waals surface area contributed by atoms with Gasteiger partial charge in [0.25, 0.3) is 5.91 Å². The third kappa shape index (κ3) is 4.46. The SMILES string of the molecule is CN(CC(=O)N/N=C\c1ccccc1F)S(=O)(=O)c1ccccc1. The van der Waals surface area contributed by atoms with E-state index in [-0.39, 0.29) is 10.5 Å². The van der Waals surface area contributed by atoms with Gasteiger partial charge in [0.05, 0.1) is 17.7 Å². The highest BCUT2D eigenvalue weighted by Crippen LogP contribution is 2.12. The van der Waals surface area contributed by atoms with Gasteiger partial charge < -0.3 is 0 Å². The number of halogens is 1. The number of benzene rings is 2. The highest BCUT2D eigenvalue weighted by Gasteiger charge is 2.22. The van der Waals surface area contributed by atoms with Crippen molar-refractivity contribution in [2.75, 3.05) is 13.6 Å². The summed E-state index contributed by atoms with van der Waals surface area (Å²) >= 11 is 0. The molecule has 0 aliphatic rings. The molecule has 8 heteroatoms. The van der Waals surface area contributed by atoms with E-state index in [0.717, 1.165) is 10.5 Å². The number of amides is 1. The number of hydrazone groups is 1. The molecule has 2 aromatic rings. The number of nitrogens with one attached hydrogen (secondary N) is 1. The van der Waals surface area contributed by atoms with Crippen LogP contribution in [0.5, 0.6) is 0 Å². The summed E-state index contributed by atoms with van der Waals surface area (Å²) in [5, 5.41) is 3.62. The number of likely N-dealkylation sites (N-methyl/N-ethyl adjacent to an activating group) is 1. The fraction of sp³-hybridized carbons (Fsp3) is 0.125. The zero-order chi connectivity index (χ0) is 17.6. The fourth-order valence-corrected chi connectivity index (χ4v) is 3.00. The first kappa shape index (κ1) is 17.8. The molecule has 0 saturated heterocycles. The van der Waals surface area contributed by atoms with E-state index >= 15 is 0 Å². The minimum atomic E-state index is -3.76. The fourth-order valence-electron chi connectivity index (χ4n) is 1.85. The van der Waals surface area contributed by atoms with Gasteiger partial charge in [0, 0.05) is 12.6 Å². The molecular formula is C16H16FN3O3S. The van der Waals surface area contributed by atoms with Crippen LogP contribution in [0.2, 0.25) is 0 Å². The predicted octanol–water partition coefficient (Wildman–Crippen LogP) is 1.60. The van der Waals surface area contributed by atoms with E-state index in [2.05, 4.69) is 10.5 Å². The lowest BCUT2D eigenvalue weighted by Gasteiger charge is -2.15. The minimum Gasteiger partial charge on any atom is -0.272 e. The first-order valence-corrected chi connectivity index (χ1v) is 8.43. The van der Waals surface area contributed by atoms with Crippen LogP contribution < -0.4 is 5.43 Å². The molecule has 0 bridgehead atoms. The van der Waals surface area contributed by atoms with Crippen molar-refractivity contribution in [1.82, 2.24) is 9.73 Å². The summed E-state index contributed by atoms with van der Waals surface area (Å²) < 4.78 is 38.8. The lowest BCUT2D eigenvalue weighted by Crippen LogP contribution is -2.36. The van der Waals surface area contributed by atoms with Gasteiger partial charge in [-0.25, -0.2) is 18.2 Å². The van der Waals surface area contributed by atoms with E-state index in [4.69, 9.17) is 0 Å². The number of hydrogen-bond acceptors (Lipinski definition) is 4. The van der Waals surface area contributed by atoms with Crippen molar-refractivity contribution in [3.05, 3.63) is 66.0 Å². The van der Waals surface area contributed by atoms with E-state index in [1.807, 2.05) is 0 Å². The summed E-state index contributed by atoms with van der Waals surface area (Å²) in [6, 6.07) is 13.7. The molecule has 0 aliphatic heterocycles. The maximum absolute atomic E-state index is 13.4. The Morgan fingerprint density at radius 2 is 1.79 bits per heavy atom. The van der Waals surface area contributed by atoms with E-state index < -0.39 is 28.3 Å². The normalized spacial score (nSPS) is 11.8. The van der Waals surface area contributed by atoms with Crippen molar-refractivity contribution in [2.45, 2.75) is 4.90 Å². The van der Waals surface area contributed by atoms with Crippen LogP contribution in [-0.4, -0.2) is 38.4 Å². The van der Waals surface area contributed by atoms with E-state index in [0.29, 0.717) is 0 Å². The van der Waals surface area contributed by atoms with Crippen molar-refractivity contribution in [1.29, 1.82) is 0 Å². The van der Waals surface area contributed by atoms with Gasteiger partial charge in [-0.3, -0.25) is 4.79 Å². The van der Waals surface area contributed by atoms with Crippen molar-refractivity contribution in [2.24, 2.45) is 5.10 Å². The number of carbonyl (C=O) groups is 1. The summed E-state index contributed by atoms with van der Waals surface area (Å²) in [7, 11) is -2.46. The van der Waals surface area contributed by atoms with Crippen LogP contribution in [-0.2, 0) is 14.8 Å². The molecule has 6 nitrogen and oxygen atoms in total. The van der Waals surface area contributed by atoms with Crippen molar-refractivity contribution in [3.63, 3.8) is 0 Å². The molecule has 24 heavy (non-hydrogen) atoms. The molecule has 0 unspecified atom stereocenters. The van der Waals surface area contributed by atoms with Crippen LogP contribution in [0.4, 0.5) is 4.39 Å². The van der Waals surface area contributed by atoms with Crippen molar-refractivity contribution < 1.29 is 17.6 Å². The summed E-state index contributed by atoms with van der Waals surface area (Å²) in [5.41, 5.74) is 2.38. The molecule has 0 aromatic heterocycles. The molecule has 0 spiro atoms. The summed E-state index contributed by atoms with van der Waals surface area (Å²) in [4.78, 5) is 11.9. The zero-order valence-corrected chi connectivity index (χ0v) is 13.7. The minimum absolute atomic E-state index is 0.0927. The summed E-state index contributed by atoms with van der Waals surface area (Å²) in [5.74, 6) is -1.11. The summed E-state index contributed by atoms with van der Waals surface area (Å²) in [6.07, 6.45) is 1.15. The first-order valence-electron chi connectivity index (χ1n) is 6.99. The van der Waals surface area contributed by atoms with Gasteiger partial charge in [0.15, 0.2) is 0 Å². The molecular weight excluding hydrogens is 333 g/mol. The van der Waals surface area contributed by atoms with Crippen LogP contribution in [0.15, 0.2) is 64.6 Å². The Labute approximate surface area is 139 Å². The summed E-state index contributed by atoms with van der Waals surface area (Å²) in [6.45, 7) is -0.411. The van der Waals surface area contributed by atoms with Gasteiger partial charge in [0.2, 0.25) is 10.0 Å². The van der Waals surface area contributed by atoms with E-state index in [1.165, 1.54) is 37.4 Å². The van der Waals surface area contributed by atoms with Gasteiger partial charge in [-0.2, -0.15) is 9.41 Å². The topological polar surface area (TPSA) is 78.8 Å². The number of carbonyl (C=O) groups excluding carboxylic acids is 1. The molecule has 126 valence electrons. The third-order valence-corrected chi connectivity index (χ3v) is 4.93. The Balaban J connectivity index is 1.96. The molecule has 1 amide bonds. The van der Waals surface area contributed by atoms with Gasteiger partial charge >= 0.3 is 0 Å². The molecule has 0 fully saturated rings. The zero-order valence-electron chi connectivity index (χ0n) is 12.9. The van der Waals surface area contributed by atoms with E-state index in [1.54, 1.807) is 24.3 Å². The number of hydrogen-bond donors (Lipinski definition) is 1. The Morgan fingerprint density at radius 3 is 2.46 bits per heavy atom. The number of nitrogens with zero attached hydrogens (tertiary/aromatic N) is 2. The van der Waals surface area contributed by atoms with Gasteiger partial charge in [-0.1, -0.05) is 36.4 Å². The molecule has 0 aliphatic carbocycles. The lowest BCUT2D eigenvalue weighted by atomic mass is 10.2. The average Bonchev–Trinajstić information content (AvgIpc) is 2.57. The average molecular weight is 349 g/mol. The van der Waals surface area contributed by atoms with Crippen LogP contribution in [0.25, 0.3) is 0 Å². The lowest BCUT2D eigenvalue weighted by molar-refractivity contribution is -0.121. The van der Waals surface area contributed by atoms with Crippen LogP contribution >= 0.6 is 0 Å². The molecule has 2 aromatic carbocycles. The van der Waals surface area contributed by atoms with Crippen LogP contribution in [0, 0.1) is 5.82 Å². The number of sulfonamides is 1. The maximum Gasteiger partial charge on any atom is 0.255 e. The molecule has 0 saturated carbocycles. The van der Waals surface area contributed by atoms with Gasteiger partial charge in [-0.15, -0.1) is 0 Å². The maximum atomic E-state index is 13.4. The Morgan fingerprint density at radius 1 is 1.17 bits per heavy atom. The second-order valence-electron chi connectivity index (χ2n) is 4.89. The second-order valence-corrected chi connectivity index (χ2v) is 6.93.